The van der Waals surface area contributed by atoms with Crippen LogP contribution in [0.5, 0.6) is 23.0 Å². The van der Waals surface area contributed by atoms with Gasteiger partial charge in [0.15, 0.2) is 0 Å². The first-order chi connectivity index (χ1) is 28.4. The summed E-state index contributed by atoms with van der Waals surface area (Å²) in [6, 6.07) is 43.8. The van der Waals surface area contributed by atoms with Gasteiger partial charge in [-0.25, -0.2) is 0 Å². The molecule has 0 unspecified atom stereocenters. The molecule has 0 aromatic heterocycles. The fourth-order valence-electron chi connectivity index (χ4n) is 7.26. The third-order valence-corrected chi connectivity index (χ3v) is 10.9. The van der Waals surface area contributed by atoms with E-state index in [1.807, 2.05) is 60.7 Å². The number of hydrogen-bond donors (Lipinski definition) is 4. The van der Waals surface area contributed by atoms with Crippen molar-refractivity contribution < 1.29 is 38.7 Å². The first-order valence-electron chi connectivity index (χ1n) is 19.1. The van der Waals surface area contributed by atoms with Crippen LogP contribution < -0.4 is 29.6 Å². The molecule has 0 bridgehead atoms. The molecular formula is C49H50N2O8. The fraction of sp³-hybridized carbons (Fsp3) is 0.224. The average molecular weight is 795 g/mol. The minimum Gasteiger partial charge on any atom is -0.497 e. The van der Waals surface area contributed by atoms with Crippen molar-refractivity contribution >= 4 is 11.8 Å². The maximum absolute atomic E-state index is 14.8. The Morgan fingerprint density at radius 3 is 0.881 bits per heavy atom. The van der Waals surface area contributed by atoms with Gasteiger partial charge < -0.3 is 39.8 Å². The Bertz CT molecular complexity index is 2040. The third-order valence-electron chi connectivity index (χ3n) is 10.9. The minimum atomic E-state index is -1.86. The second-order valence-electron chi connectivity index (χ2n) is 14.7. The number of amides is 2. The van der Waals surface area contributed by atoms with Crippen LogP contribution in [-0.4, -0.2) is 50.5 Å². The molecular weight excluding hydrogens is 745 g/mol. The molecule has 4 N–H and O–H groups in total. The lowest BCUT2D eigenvalue weighted by Gasteiger charge is -2.41. The van der Waals surface area contributed by atoms with Crippen LogP contribution in [0.1, 0.15) is 59.3 Å². The van der Waals surface area contributed by atoms with Gasteiger partial charge in [0, 0.05) is 0 Å². The summed E-state index contributed by atoms with van der Waals surface area (Å²) in [5, 5.41) is 32.4. The topological polar surface area (TPSA) is 136 Å². The smallest absolute Gasteiger partial charge is 0.235 e. The molecule has 0 saturated heterocycles. The Morgan fingerprint density at radius 2 is 0.661 bits per heavy atom. The molecule has 6 aromatic carbocycles. The highest BCUT2D eigenvalue weighted by atomic mass is 16.5. The predicted octanol–water partition coefficient (Wildman–Crippen LogP) is 7.63. The number of carbonyl (C=O) groups is 2. The molecule has 2 atom stereocenters. The van der Waals surface area contributed by atoms with Crippen LogP contribution in [0, 0.1) is 5.41 Å². The average Bonchev–Trinajstić information content (AvgIpc) is 3.29. The largest absolute Gasteiger partial charge is 0.497 e. The van der Waals surface area contributed by atoms with Crippen LogP contribution in [0.3, 0.4) is 0 Å². The lowest BCUT2D eigenvalue weighted by atomic mass is 9.76. The fourth-order valence-corrected chi connectivity index (χ4v) is 7.26. The van der Waals surface area contributed by atoms with Gasteiger partial charge in [0.1, 0.15) is 39.6 Å². The van der Waals surface area contributed by atoms with E-state index in [1.165, 1.54) is 13.8 Å². The first kappa shape index (κ1) is 42.0. The number of carbonyl (C=O) groups excluding carboxylic acids is 2. The van der Waals surface area contributed by atoms with Crippen LogP contribution in [0.4, 0.5) is 0 Å². The number of aliphatic hydroxyl groups is 2. The summed E-state index contributed by atoms with van der Waals surface area (Å²) in [4.78, 5) is 29.7. The molecule has 0 heterocycles. The van der Waals surface area contributed by atoms with E-state index >= 15 is 0 Å². The van der Waals surface area contributed by atoms with Gasteiger partial charge in [-0.05, 0) is 95.8 Å². The number of methoxy groups -OCH3 is 4. The van der Waals surface area contributed by atoms with Gasteiger partial charge in [0.2, 0.25) is 11.8 Å². The van der Waals surface area contributed by atoms with Crippen LogP contribution in [0.15, 0.2) is 158 Å². The Balaban J connectivity index is 1.43. The first-order valence-corrected chi connectivity index (χ1v) is 19.1. The molecule has 2 amide bonds. The monoisotopic (exact) mass is 794 g/mol. The highest BCUT2D eigenvalue weighted by Gasteiger charge is 2.48. The normalized spacial score (nSPS) is 12.7. The lowest BCUT2D eigenvalue weighted by Crippen LogP contribution is -2.55. The van der Waals surface area contributed by atoms with Crippen LogP contribution >= 0.6 is 0 Å². The second-order valence-corrected chi connectivity index (χ2v) is 14.7. The molecule has 0 spiro atoms. The van der Waals surface area contributed by atoms with Crippen molar-refractivity contribution in [1.29, 1.82) is 0 Å². The molecule has 0 radical (unpaired) electrons. The molecule has 59 heavy (non-hydrogen) atoms. The van der Waals surface area contributed by atoms with Crippen molar-refractivity contribution in [2.45, 2.75) is 37.1 Å². The standard InChI is InChI=1S/C49H50N2O8/c1-47(2,45(52)50-43(33-13-9-7-10-14-33)48(54,35-17-25-39(56-3)26-18-35)36-19-27-40(57-4)28-20-36)46(53)51-44(34-15-11-8-12-16-34)49(55,37-21-29-41(58-5)30-22-37)38-23-31-42(59-6)32-24-38/h7-32,43-44,54-55H,1-6H3,(H,50,52)(H,51,53)/t43-,44-/m1/s1. The van der Waals surface area contributed by atoms with Crippen LogP contribution in [0.2, 0.25) is 0 Å². The summed E-state index contributed by atoms with van der Waals surface area (Å²) in [6.45, 7) is 3.03. The number of benzene rings is 6. The third kappa shape index (κ3) is 8.50. The molecule has 6 aromatic rings. The van der Waals surface area contributed by atoms with Gasteiger partial charge in [0.25, 0.3) is 0 Å². The Morgan fingerprint density at radius 1 is 0.424 bits per heavy atom. The number of ether oxygens (including phenoxy) is 4. The zero-order valence-corrected chi connectivity index (χ0v) is 34.0. The maximum atomic E-state index is 14.8. The van der Waals surface area contributed by atoms with Gasteiger partial charge in [-0.1, -0.05) is 109 Å². The molecule has 10 nitrogen and oxygen atoms in total. The van der Waals surface area contributed by atoms with Crippen molar-refractivity contribution in [3.63, 3.8) is 0 Å². The van der Waals surface area contributed by atoms with Crippen molar-refractivity contribution in [2.75, 3.05) is 28.4 Å². The Kier molecular flexibility index (Phi) is 12.7. The van der Waals surface area contributed by atoms with Gasteiger partial charge in [-0.15, -0.1) is 0 Å². The Labute approximate surface area is 345 Å². The van der Waals surface area contributed by atoms with E-state index in [1.54, 1.807) is 126 Å². The second kappa shape index (κ2) is 17.9. The van der Waals surface area contributed by atoms with E-state index in [4.69, 9.17) is 18.9 Å². The van der Waals surface area contributed by atoms with Gasteiger partial charge in [-0.2, -0.15) is 0 Å². The van der Waals surface area contributed by atoms with Gasteiger partial charge in [0.05, 0.1) is 40.5 Å². The highest BCUT2D eigenvalue weighted by Crippen LogP contribution is 2.45. The molecule has 10 heteroatoms. The van der Waals surface area contributed by atoms with Crippen molar-refractivity contribution in [1.82, 2.24) is 10.6 Å². The zero-order valence-electron chi connectivity index (χ0n) is 34.0. The van der Waals surface area contributed by atoms with Crippen molar-refractivity contribution in [2.24, 2.45) is 5.41 Å². The quantitative estimate of drug-likeness (QED) is 0.0735. The molecule has 0 aliphatic carbocycles. The number of hydrogen-bond acceptors (Lipinski definition) is 8. The van der Waals surface area contributed by atoms with E-state index in [2.05, 4.69) is 10.6 Å². The zero-order chi connectivity index (χ0) is 42.2. The van der Waals surface area contributed by atoms with Gasteiger partial charge >= 0.3 is 0 Å². The summed E-state index contributed by atoms with van der Waals surface area (Å²) >= 11 is 0. The van der Waals surface area contributed by atoms with E-state index < -0.39 is 40.5 Å². The lowest BCUT2D eigenvalue weighted by molar-refractivity contribution is -0.144. The van der Waals surface area contributed by atoms with E-state index in [9.17, 15) is 19.8 Å². The predicted molar refractivity (Wildman–Crippen MR) is 226 cm³/mol. The summed E-state index contributed by atoms with van der Waals surface area (Å²) in [5.41, 5.74) is -2.46. The SMILES string of the molecule is COc1ccc(C(O)(c2ccc(OC)cc2)[C@H](NC(=O)C(C)(C)C(=O)N[C@H](c2ccccc2)C(O)(c2ccc(OC)cc2)c2ccc(OC)cc2)c2ccccc2)cc1. The highest BCUT2D eigenvalue weighted by molar-refractivity contribution is 6.04. The van der Waals surface area contributed by atoms with Crippen LogP contribution in [-0.2, 0) is 20.8 Å². The molecule has 304 valence electrons. The summed E-state index contributed by atoms with van der Waals surface area (Å²) in [7, 11) is 6.23. The molecule has 6 rings (SSSR count). The van der Waals surface area contributed by atoms with E-state index in [0.29, 0.717) is 56.4 Å². The van der Waals surface area contributed by atoms with Crippen LogP contribution in [0.25, 0.3) is 0 Å². The molecule has 0 aliphatic heterocycles. The minimum absolute atomic E-state index is 0.466. The Hall–Kier alpha value is -6.62. The van der Waals surface area contributed by atoms with Crippen molar-refractivity contribution in [3.8, 4) is 23.0 Å². The maximum Gasteiger partial charge on any atom is 0.235 e. The summed E-state index contributed by atoms with van der Waals surface area (Å²) < 4.78 is 21.7. The molecule has 0 saturated carbocycles. The number of nitrogens with one attached hydrogen (secondary N) is 2. The van der Waals surface area contributed by atoms with Crippen molar-refractivity contribution in [3.05, 3.63) is 191 Å². The molecule has 0 aliphatic rings. The van der Waals surface area contributed by atoms with E-state index in [-0.39, 0.29) is 0 Å². The van der Waals surface area contributed by atoms with E-state index in [0.717, 1.165) is 0 Å². The number of rotatable bonds is 16. The summed E-state index contributed by atoms with van der Waals surface area (Å²) in [5.74, 6) is 0.992. The van der Waals surface area contributed by atoms with Gasteiger partial charge in [-0.3, -0.25) is 9.59 Å². The molecule has 0 fully saturated rings. The summed E-state index contributed by atoms with van der Waals surface area (Å²) in [6.07, 6.45) is 0.